The Morgan fingerprint density at radius 3 is 2.57 bits per heavy atom. The lowest BCUT2D eigenvalue weighted by Gasteiger charge is -2.15. The third-order valence-corrected chi connectivity index (χ3v) is 4.85. The van der Waals surface area contributed by atoms with E-state index in [9.17, 15) is 8.42 Å². The number of nitrogens with one attached hydrogen (secondary N) is 1. The van der Waals surface area contributed by atoms with E-state index in [-0.39, 0.29) is 17.4 Å². The predicted octanol–water partition coefficient (Wildman–Crippen LogP) is 2.08. The first-order valence-corrected chi connectivity index (χ1v) is 8.76. The van der Waals surface area contributed by atoms with Gasteiger partial charge in [-0.3, -0.25) is 0 Å². The Kier molecular flexibility index (Phi) is 7.14. The van der Waals surface area contributed by atoms with Gasteiger partial charge in [0.1, 0.15) is 5.75 Å². The zero-order chi connectivity index (χ0) is 15.9. The normalized spacial score (nSPS) is 13.1. The van der Waals surface area contributed by atoms with Gasteiger partial charge in [0.25, 0.3) is 0 Å². The SMILES string of the molecule is CCOc1ccc(S(=O)(=O)NCC(CC)CCO)cc1C. The number of aryl methyl sites for hydroxylation is 1. The van der Waals surface area contributed by atoms with Crippen LogP contribution in [0.3, 0.4) is 0 Å². The molecule has 6 heteroatoms. The molecule has 0 bridgehead atoms. The fourth-order valence-electron chi connectivity index (χ4n) is 2.05. The van der Waals surface area contributed by atoms with Crippen LogP contribution in [-0.2, 0) is 10.0 Å². The van der Waals surface area contributed by atoms with Crippen LogP contribution in [-0.4, -0.2) is 33.3 Å². The van der Waals surface area contributed by atoms with Crippen molar-refractivity contribution in [3.63, 3.8) is 0 Å². The van der Waals surface area contributed by atoms with Gasteiger partial charge in [-0.25, -0.2) is 13.1 Å². The lowest BCUT2D eigenvalue weighted by atomic mass is 10.0. The molecule has 0 spiro atoms. The third kappa shape index (κ3) is 5.30. The van der Waals surface area contributed by atoms with Gasteiger partial charge in [-0.2, -0.15) is 0 Å². The number of rotatable bonds is 9. The average molecular weight is 315 g/mol. The van der Waals surface area contributed by atoms with Gasteiger partial charge in [-0.15, -0.1) is 0 Å². The van der Waals surface area contributed by atoms with Gasteiger partial charge in [-0.1, -0.05) is 13.3 Å². The first kappa shape index (κ1) is 17.9. The summed E-state index contributed by atoms with van der Waals surface area (Å²) in [4.78, 5) is 0.238. The summed E-state index contributed by atoms with van der Waals surface area (Å²) >= 11 is 0. The summed E-state index contributed by atoms with van der Waals surface area (Å²) in [6, 6.07) is 4.84. The van der Waals surface area contributed by atoms with Crippen molar-refractivity contribution < 1.29 is 18.3 Å². The van der Waals surface area contributed by atoms with Gasteiger partial charge in [0.15, 0.2) is 0 Å². The van der Waals surface area contributed by atoms with Crippen LogP contribution in [0.4, 0.5) is 0 Å². The van der Waals surface area contributed by atoms with E-state index in [0.717, 1.165) is 12.0 Å². The van der Waals surface area contributed by atoms with E-state index in [1.807, 2.05) is 20.8 Å². The summed E-state index contributed by atoms with van der Waals surface area (Å²) in [7, 11) is -3.53. The molecule has 0 radical (unpaired) electrons. The molecule has 0 saturated carbocycles. The van der Waals surface area contributed by atoms with Crippen LogP contribution in [0, 0.1) is 12.8 Å². The van der Waals surface area contributed by atoms with Gasteiger partial charge >= 0.3 is 0 Å². The molecule has 1 aromatic carbocycles. The number of hydrogen-bond donors (Lipinski definition) is 2. The van der Waals surface area contributed by atoms with E-state index < -0.39 is 10.0 Å². The number of aliphatic hydroxyl groups is 1. The summed E-state index contributed by atoms with van der Waals surface area (Å²) < 4.78 is 32.5. The zero-order valence-corrected chi connectivity index (χ0v) is 13.7. The molecule has 1 atom stereocenters. The van der Waals surface area contributed by atoms with E-state index >= 15 is 0 Å². The van der Waals surface area contributed by atoms with E-state index in [4.69, 9.17) is 9.84 Å². The molecule has 1 rings (SSSR count). The van der Waals surface area contributed by atoms with E-state index in [1.165, 1.54) is 0 Å². The van der Waals surface area contributed by atoms with Crippen molar-refractivity contribution in [2.45, 2.75) is 38.5 Å². The van der Waals surface area contributed by atoms with E-state index in [0.29, 0.717) is 25.3 Å². The number of benzene rings is 1. The second-order valence-corrected chi connectivity index (χ2v) is 6.77. The van der Waals surface area contributed by atoms with Gasteiger partial charge in [0, 0.05) is 13.2 Å². The molecule has 0 aliphatic carbocycles. The first-order chi connectivity index (χ1) is 9.94. The van der Waals surface area contributed by atoms with Crippen molar-refractivity contribution in [1.82, 2.24) is 4.72 Å². The van der Waals surface area contributed by atoms with Crippen LogP contribution in [0.1, 0.15) is 32.3 Å². The summed E-state index contributed by atoms with van der Waals surface area (Å²) in [6.07, 6.45) is 1.42. The van der Waals surface area contributed by atoms with Gasteiger partial charge in [0.05, 0.1) is 11.5 Å². The zero-order valence-electron chi connectivity index (χ0n) is 12.9. The maximum Gasteiger partial charge on any atom is 0.240 e. The van der Waals surface area contributed by atoms with Gasteiger partial charge in [-0.05, 0) is 49.9 Å². The molecule has 0 aliphatic heterocycles. The van der Waals surface area contributed by atoms with Gasteiger partial charge in [0.2, 0.25) is 10.0 Å². The highest BCUT2D eigenvalue weighted by Crippen LogP contribution is 2.22. The van der Waals surface area contributed by atoms with Crippen LogP contribution >= 0.6 is 0 Å². The molecule has 0 aliphatic rings. The molecule has 5 nitrogen and oxygen atoms in total. The Balaban J connectivity index is 2.80. The van der Waals surface area contributed by atoms with E-state index in [2.05, 4.69) is 4.72 Å². The lowest BCUT2D eigenvalue weighted by Crippen LogP contribution is -2.29. The van der Waals surface area contributed by atoms with Crippen molar-refractivity contribution in [3.8, 4) is 5.75 Å². The van der Waals surface area contributed by atoms with Crippen LogP contribution in [0.2, 0.25) is 0 Å². The highest BCUT2D eigenvalue weighted by atomic mass is 32.2. The molecule has 0 fully saturated rings. The summed E-state index contributed by atoms with van der Waals surface area (Å²) in [5.74, 6) is 0.844. The monoisotopic (exact) mass is 315 g/mol. The van der Waals surface area contributed by atoms with E-state index in [1.54, 1.807) is 18.2 Å². The molecule has 120 valence electrons. The highest BCUT2D eigenvalue weighted by molar-refractivity contribution is 7.89. The van der Waals surface area contributed by atoms with Crippen molar-refractivity contribution in [1.29, 1.82) is 0 Å². The Hall–Kier alpha value is -1.11. The summed E-state index contributed by atoms with van der Waals surface area (Å²) in [6.45, 7) is 6.65. The Bertz CT molecular complexity index is 543. The quantitative estimate of drug-likeness (QED) is 0.731. The first-order valence-electron chi connectivity index (χ1n) is 7.28. The molecule has 0 amide bonds. The lowest BCUT2D eigenvalue weighted by molar-refractivity contribution is 0.254. The standard InChI is InChI=1S/C15H25NO4S/c1-4-13(8-9-17)11-16-21(18,19)14-6-7-15(20-5-2)12(3)10-14/h6-7,10,13,16-17H,4-5,8-9,11H2,1-3H3. The minimum absolute atomic E-state index is 0.0718. The average Bonchev–Trinajstić information content (AvgIpc) is 2.45. The Labute approximate surface area is 127 Å². The largest absolute Gasteiger partial charge is 0.494 e. The minimum atomic E-state index is -3.53. The Morgan fingerprint density at radius 1 is 1.33 bits per heavy atom. The van der Waals surface area contributed by atoms with Crippen molar-refractivity contribution in [2.75, 3.05) is 19.8 Å². The second kappa shape index (κ2) is 8.36. The third-order valence-electron chi connectivity index (χ3n) is 3.43. The molecule has 1 unspecified atom stereocenters. The van der Waals surface area contributed by atoms with Crippen molar-refractivity contribution in [3.05, 3.63) is 23.8 Å². The fourth-order valence-corrected chi connectivity index (χ4v) is 3.25. The minimum Gasteiger partial charge on any atom is -0.494 e. The smallest absolute Gasteiger partial charge is 0.240 e. The molecule has 0 heterocycles. The molecule has 1 aromatic rings. The number of sulfonamides is 1. The van der Waals surface area contributed by atoms with Gasteiger partial charge < -0.3 is 9.84 Å². The molecule has 0 saturated heterocycles. The number of hydrogen-bond acceptors (Lipinski definition) is 4. The molecule has 0 aromatic heterocycles. The van der Waals surface area contributed by atoms with Crippen molar-refractivity contribution >= 4 is 10.0 Å². The number of ether oxygens (including phenoxy) is 1. The summed E-state index contributed by atoms with van der Waals surface area (Å²) in [5, 5.41) is 8.94. The van der Waals surface area contributed by atoms with Crippen molar-refractivity contribution in [2.24, 2.45) is 5.92 Å². The number of aliphatic hydroxyl groups excluding tert-OH is 1. The van der Waals surface area contributed by atoms with Crippen LogP contribution < -0.4 is 9.46 Å². The Morgan fingerprint density at radius 2 is 2.05 bits per heavy atom. The fraction of sp³-hybridized carbons (Fsp3) is 0.600. The maximum absolute atomic E-state index is 12.3. The molecule has 2 N–H and O–H groups in total. The second-order valence-electron chi connectivity index (χ2n) is 5.00. The highest BCUT2D eigenvalue weighted by Gasteiger charge is 2.17. The predicted molar refractivity (Wildman–Crippen MR) is 83.0 cm³/mol. The molecule has 21 heavy (non-hydrogen) atoms. The summed E-state index contributed by atoms with van der Waals surface area (Å²) in [5.41, 5.74) is 0.794. The topological polar surface area (TPSA) is 75.6 Å². The van der Waals surface area contributed by atoms with Crippen LogP contribution in [0.15, 0.2) is 23.1 Å². The maximum atomic E-state index is 12.3. The molecular weight excluding hydrogens is 290 g/mol. The van der Waals surface area contributed by atoms with Crippen LogP contribution in [0.25, 0.3) is 0 Å². The molecular formula is C15H25NO4S. The van der Waals surface area contributed by atoms with Crippen LogP contribution in [0.5, 0.6) is 5.75 Å².